The van der Waals surface area contributed by atoms with E-state index in [1.807, 2.05) is 23.1 Å². The third-order valence-electron chi connectivity index (χ3n) is 3.61. The molecule has 0 bridgehead atoms. The lowest BCUT2D eigenvalue weighted by atomic mass is 9.91. The standard InChI is InChI=1S/C16H31N3S2/c1-8-12(11-20-7)19(6)15-18-14(16(3,4)5)13(21-15)10-17-9-2/h12,17H,8-11H2,1-7H3. The van der Waals surface area contributed by atoms with Crippen LogP contribution in [0.25, 0.3) is 0 Å². The molecule has 0 radical (unpaired) electrons. The summed E-state index contributed by atoms with van der Waals surface area (Å²) in [4.78, 5) is 8.73. The zero-order valence-corrected chi connectivity index (χ0v) is 16.2. The van der Waals surface area contributed by atoms with Crippen LogP contribution in [0.4, 0.5) is 5.13 Å². The van der Waals surface area contributed by atoms with Gasteiger partial charge in [-0.2, -0.15) is 11.8 Å². The van der Waals surface area contributed by atoms with E-state index in [0.29, 0.717) is 6.04 Å². The average Bonchev–Trinajstić information content (AvgIpc) is 2.86. The maximum atomic E-state index is 4.98. The third kappa shape index (κ3) is 5.15. The largest absolute Gasteiger partial charge is 0.347 e. The molecule has 1 heterocycles. The zero-order chi connectivity index (χ0) is 16.0. The number of thioether (sulfide) groups is 1. The molecule has 3 nitrogen and oxygen atoms in total. The van der Waals surface area contributed by atoms with Crippen molar-refractivity contribution < 1.29 is 0 Å². The molecule has 0 spiro atoms. The molecule has 1 rings (SSSR count). The number of aromatic nitrogens is 1. The molecule has 1 aromatic rings. The van der Waals surface area contributed by atoms with Crippen molar-refractivity contribution in [3.05, 3.63) is 10.6 Å². The summed E-state index contributed by atoms with van der Waals surface area (Å²) in [5, 5.41) is 4.61. The Bertz CT molecular complexity index is 424. The second kappa shape index (κ2) is 8.39. The smallest absolute Gasteiger partial charge is 0.185 e. The lowest BCUT2D eigenvalue weighted by Gasteiger charge is -2.26. The topological polar surface area (TPSA) is 28.2 Å². The van der Waals surface area contributed by atoms with E-state index in [1.165, 1.54) is 10.6 Å². The van der Waals surface area contributed by atoms with Crippen molar-refractivity contribution in [3.63, 3.8) is 0 Å². The van der Waals surface area contributed by atoms with Gasteiger partial charge in [-0.15, -0.1) is 11.3 Å². The predicted molar refractivity (Wildman–Crippen MR) is 99.1 cm³/mol. The summed E-state index contributed by atoms with van der Waals surface area (Å²) >= 11 is 3.76. The fraction of sp³-hybridized carbons (Fsp3) is 0.812. The monoisotopic (exact) mass is 329 g/mol. The molecule has 1 unspecified atom stereocenters. The number of nitrogens with one attached hydrogen (secondary N) is 1. The van der Waals surface area contributed by atoms with Gasteiger partial charge in [0, 0.05) is 35.7 Å². The van der Waals surface area contributed by atoms with Gasteiger partial charge in [0.05, 0.1) is 5.69 Å². The Balaban J connectivity index is 3.05. The lowest BCUT2D eigenvalue weighted by molar-refractivity contribution is 0.559. The molecule has 0 aromatic carbocycles. The molecule has 1 aromatic heterocycles. The number of rotatable bonds is 8. The quantitative estimate of drug-likeness (QED) is 0.776. The first-order chi connectivity index (χ1) is 9.85. The Morgan fingerprint density at radius 3 is 2.48 bits per heavy atom. The van der Waals surface area contributed by atoms with Gasteiger partial charge in [-0.3, -0.25) is 0 Å². The fourth-order valence-corrected chi connectivity index (χ4v) is 4.40. The van der Waals surface area contributed by atoms with Crippen molar-refractivity contribution in [3.8, 4) is 0 Å². The Kier molecular flexibility index (Phi) is 7.51. The van der Waals surface area contributed by atoms with Crippen LogP contribution in [-0.2, 0) is 12.0 Å². The van der Waals surface area contributed by atoms with Crippen molar-refractivity contribution in [2.45, 2.75) is 59.0 Å². The highest BCUT2D eigenvalue weighted by molar-refractivity contribution is 7.98. The normalized spacial score (nSPS) is 13.5. The van der Waals surface area contributed by atoms with Gasteiger partial charge in [-0.25, -0.2) is 4.98 Å². The molecule has 0 amide bonds. The van der Waals surface area contributed by atoms with Gasteiger partial charge >= 0.3 is 0 Å². The van der Waals surface area contributed by atoms with Crippen LogP contribution in [0, 0.1) is 0 Å². The summed E-state index contributed by atoms with van der Waals surface area (Å²) in [5.41, 5.74) is 1.34. The van der Waals surface area contributed by atoms with E-state index in [2.05, 4.69) is 58.1 Å². The van der Waals surface area contributed by atoms with Crippen molar-refractivity contribution in [1.29, 1.82) is 0 Å². The van der Waals surface area contributed by atoms with Crippen LogP contribution in [0.2, 0.25) is 0 Å². The molecule has 0 saturated carbocycles. The molecule has 0 aliphatic rings. The molecule has 0 aliphatic carbocycles. The van der Waals surface area contributed by atoms with Crippen molar-refractivity contribution in [2.75, 3.05) is 30.5 Å². The Hall–Kier alpha value is -0.260. The van der Waals surface area contributed by atoms with Gasteiger partial charge in [0.25, 0.3) is 0 Å². The van der Waals surface area contributed by atoms with Crippen molar-refractivity contribution in [2.24, 2.45) is 0 Å². The number of nitrogens with zero attached hydrogens (tertiary/aromatic N) is 2. The van der Waals surface area contributed by atoms with Gasteiger partial charge in [-0.1, -0.05) is 34.6 Å². The van der Waals surface area contributed by atoms with E-state index in [-0.39, 0.29) is 5.41 Å². The number of anilines is 1. The van der Waals surface area contributed by atoms with Crippen LogP contribution in [0.3, 0.4) is 0 Å². The number of hydrogen-bond acceptors (Lipinski definition) is 5. The number of thiazole rings is 1. The summed E-state index contributed by atoms with van der Waals surface area (Å²) in [6.07, 6.45) is 3.33. The fourth-order valence-electron chi connectivity index (χ4n) is 2.29. The minimum atomic E-state index is 0.0988. The first-order valence-electron chi connectivity index (χ1n) is 7.77. The van der Waals surface area contributed by atoms with Crippen LogP contribution in [0.15, 0.2) is 0 Å². The highest BCUT2D eigenvalue weighted by Gasteiger charge is 2.25. The summed E-state index contributed by atoms with van der Waals surface area (Å²) in [6, 6.07) is 0.561. The molecule has 0 aliphatic heterocycles. The van der Waals surface area contributed by atoms with E-state index in [9.17, 15) is 0 Å². The van der Waals surface area contributed by atoms with E-state index >= 15 is 0 Å². The Morgan fingerprint density at radius 2 is 2.00 bits per heavy atom. The molecule has 1 atom stereocenters. The lowest BCUT2D eigenvalue weighted by Crippen LogP contribution is -2.33. The Labute approximate surface area is 138 Å². The highest BCUT2D eigenvalue weighted by atomic mass is 32.2. The van der Waals surface area contributed by atoms with Gasteiger partial charge in [0.1, 0.15) is 0 Å². The highest BCUT2D eigenvalue weighted by Crippen LogP contribution is 2.34. The van der Waals surface area contributed by atoms with E-state index in [0.717, 1.165) is 30.4 Å². The van der Waals surface area contributed by atoms with Crippen LogP contribution in [-0.4, -0.2) is 36.6 Å². The van der Waals surface area contributed by atoms with Gasteiger partial charge in [0.15, 0.2) is 5.13 Å². The molecular weight excluding hydrogens is 298 g/mol. The summed E-state index contributed by atoms with van der Waals surface area (Å²) < 4.78 is 0. The first kappa shape index (κ1) is 18.8. The van der Waals surface area contributed by atoms with E-state index < -0.39 is 0 Å². The third-order valence-corrected chi connectivity index (χ3v) is 5.48. The molecular formula is C16H31N3S2. The van der Waals surface area contributed by atoms with E-state index in [4.69, 9.17) is 4.98 Å². The Morgan fingerprint density at radius 1 is 1.33 bits per heavy atom. The molecule has 5 heteroatoms. The summed E-state index contributed by atoms with van der Waals surface area (Å²) in [5.74, 6) is 1.15. The van der Waals surface area contributed by atoms with Gasteiger partial charge < -0.3 is 10.2 Å². The summed E-state index contributed by atoms with van der Waals surface area (Å²) in [6.45, 7) is 13.1. The summed E-state index contributed by atoms with van der Waals surface area (Å²) in [7, 11) is 2.19. The van der Waals surface area contributed by atoms with Gasteiger partial charge in [0.2, 0.25) is 0 Å². The van der Waals surface area contributed by atoms with Crippen molar-refractivity contribution in [1.82, 2.24) is 10.3 Å². The SMILES string of the molecule is CCNCc1sc(N(C)C(CC)CSC)nc1C(C)(C)C. The molecule has 21 heavy (non-hydrogen) atoms. The zero-order valence-electron chi connectivity index (χ0n) is 14.6. The molecule has 1 N–H and O–H groups in total. The van der Waals surface area contributed by atoms with Crippen LogP contribution < -0.4 is 10.2 Å². The van der Waals surface area contributed by atoms with Crippen LogP contribution in [0.5, 0.6) is 0 Å². The minimum Gasteiger partial charge on any atom is -0.347 e. The molecule has 0 saturated heterocycles. The molecule has 0 fully saturated rings. The second-order valence-electron chi connectivity index (χ2n) is 6.43. The van der Waals surface area contributed by atoms with Crippen LogP contribution >= 0.6 is 23.1 Å². The predicted octanol–water partition coefficient (Wildman–Crippen LogP) is 4.13. The minimum absolute atomic E-state index is 0.0988. The maximum absolute atomic E-state index is 4.98. The van der Waals surface area contributed by atoms with E-state index in [1.54, 1.807) is 0 Å². The van der Waals surface area contributed by atoms with Crippen LogP contribution in [0.1, 0.15) is 51.6 Å². The first-order valence-corrected chi connectivity index (χ1v) is 9.98. The maximum Gasteiger partial charge on any atom is 0.185 e. The van der Waals surface area contributed by atoms with Gasteiger partial charge in [-0.05, 0) is 19.2 Å². The average molecular weight is 330 g/mol. The number of hydrogen-bond donors (Lipinski definition) is 1. The second-order valence-corrected chi connectivity index (χ2v) is 8.40. The molecule has 122 valence electrons. The van der Waals surface area contributed by atoms with Crippen molar-refractivity contribution >= 4 is 28.2 Å².